The maximum Gasteiger partial charge on any atom is 0.165 e. The number of ether oxygens (including phenoxy) is 1. The molecule has 0 amide bonds. The SMILES string of the molecule is COc1cc(NC(CN)c2ccc(F)c(Br)c2)ccc1F. The summed E-state index contributed by atoms with van der Waals surface area (Å²) in [6.45, 7) is 0.303. The Morgan fingerprint density at radius 2 is 1.90 bits per heavy atom. The molecule has 0 fully saturated rings. The fraction of sp³-hybridized carbons (Fsp3) is 0.200. The number of rotatable bonds is 5. The van der Waals surface area contributed by atoms with Crippen molar-refractivity contribution in [2.45, 2.75) is 6.04 Å². The zero-order valence-corrected chi connectivity index (χ0v) is 13.0. The van der Waals surface area contributed by atoms with Gasteiger partial charge in [0, 0.05) is 18.3 Å². The van der Waals surface area contributed by atoms with Crippen molar-refractivity contribution in [2.24, 2.45) is 5.73 Å². The van der Waals surface area contributed by atoms with Crippen LogP contribution in [0.5, 0.6) is 5.75 Å². The van der Waals surface area contributed by atoms with Gasteiger partial charge in [0.1, 0.15) is 5.82 Å². The van der Waals surface area contributed by atoms with Gasteiger partial charge in [0.2, 0.25) is 0 Å². The number of halogens is 3. The highest BCUT2D eigenvalue weighted by Crippen LogP contribution is 2.27. The Morgan fingerprint density at radius 3 is 2.52 bits per heavy atom. The number of hydrogen-bond donors (Lipinski definition) is 2. The lowest BCUT2D eigenvalue weighted by Gasteiger charge is -2.19. The van der Waals surface area contributed by atoms with E-state index in [0.717, 1.165) is 5.56 Å². The van der Waals surface area contributed by atoms with E-state index >= 15 is 0 Å². The lowest BCUT2D eigenvalue weighted by atomic mass is 10.1. The normalized spacial score (nSPS) is 12.0. The fourth-order valence-electron chi connectivity index (χ4n) is 1.96. The van der Waals surface area contributed by atoms with Crippen LogP contribution < -0.4 is 15.8 Å². The van der Waals surface area contributed by atoms with E-state index < -0.39 is 5.82 Å². The van der Waals surface area contributed by atoms with E-state index in [1.165, 1.54) is 19.2 Å². The van der Waals surface area contributed by atoms with Gasteiger partial charge in [-0.3, -0.25) is 0 Å². The van der Waals surface area contributed by atoms with Crippen LogP contribution in [0.1, 0.15) is 11.6 Å². The van der Waals surface area contributed by atoms with Crippen molar-refractivity contribution in [1.82, 2.24) is 0 Å². The van der Waals surface area contributed by atoms with Crippen molar-refractivity contribution in [1.29, 1.82) is 0 Å². The molecule has 0 saturated carbocycles. The molecule has 112 valence electrons. The summed E-state index contributed by atoms with van der Waals surface area (Å²) in [6.07, 6.45) is 0. The average Bonchev–Trinajstić information content (AvgIpc) is 2.49. The Bertz CT molecular complexity index is 637. The van der Waals surface area contributed by atoms with E-state index in [1.54, 1.807) is 24.3 Å². The van der Waals surface area contributed by atoms with Crippen LogP contribution in [0.4, 0.5) is 14.5 Å². The average molecular weight is 357 g/mol. The second-order valence-electron chi connectivity index (χ2n) is 4.46. The van der Waals surface area contributed by atoms with Crippen LogP contribution >= 0.6 is 15.9 Å². The number of methoxy groups -OCH3 is 1. The summed E-state index contributed by atoms with van der Waals surface area (Å²) in [7, 11) is 1.40. The van der Waals surface area contributed by atoms with Crippen LogP contribution in [-0.2, 0) is 0 Å². The number of nitrogens with one attached hydrogen (secondary N) is 1. The second kappa shape index (κ2) is 6.87. The van der Waals surface area contributed by atoms with Crippen molar-refractivity contribution in [3.8, 4) is 5.75 Å². The van der Waals surface area contributed by atoms with Gasteiger partial charge in [0.15, 0.2) is 11.6 Å². The Morgan fingerprint density at radius 1 is 1.19 bits per heavy atom. The van der Waals surface area contributed by atoms with Gasteiger partial charge in [-0.1, -0.05) is 6.07 Å². The summed E-state index contributed by atoms with van der Waals surface area (Å²) in [5.74, 6) is -0.620. The zero-order chi connectivity index (χ0) is 15.4. The van der Waals surface area contributed by atoms with Crippen LogP contribution in [0.15, 0.2) is 40.9 Å². The molecule has 0 heterocycles. The first-order valence-electron chi connectivity index (χ1n) is 6.30. The van der Waals surface area contributed by atoms with Crippen LogP contribution in [0.2, 0.25) is 0 Å². The van der Waals surface area contributed by atoms with E-state index in [2.05, 4.69) is 21.2 Å². The lowest BCUT2D eigenvalue weighted by Crippen LogP contribution is -2.20. The summed E-state index contributed by atoms with van der Waals surface area (Å²) >= 11 is 3.15. The first-order chi connectivity index (χ1) is 10.0. The molecule has 0 aromatic heterocycles. The molecule has 0 aliphatic carbocycles. The van der Waals surface area contributed by atoms with E-state index in [-0.39, 0.29) is 17.6 Å². The molecule has 2 rings (SSSR count). The van der Waals surface area contributed by atoms with Gasteiger partial charge in [-0.15, -0.1) is 0 Å². The topological polar surface area (TPSA) is 47.3 Å². The molecule has 2 aromatic carbocycles. The van der Waals surface area contributed by atoms with Crippen molar-refractivity contribution in [3.63, 3.8) is 0 Å². The van der Waals surface area contributed by atoms with Gasteiger partial charge in [-0.2, -0.15) is 0 Å². The molecule has 1 atom stereocenters. The molecule has 0 spiro atoms. The van der Waals surface area contributed by atoms with Crippen molar-refractivity contribution in [3.05, 3.63) is 58.1 Å². The fourth-order valence-corrected chi connectivity index (χ4v) is 2.35. The monoisotopic (exact) mass is 356 g/mol. The van der Waals surface area contributed by atoms with Gasteiger partial charge in [-0.25, -0.2) is 8.78 Å². The molecule has 3 nitrogen and oxygen atoms in total. The van der Waals surface area contributed by atoms with E-state index in [1.807, 2.05) is 0 Å². The Labute approximate surface area is 130 Å². The second-order valence-corrected chi connectivity index (χ2v) is 5.31. The third kappa shape index (κ3) is 3.71. The van der Waals surface area contributed by atoms with Crippen LogP contribution in [0, 0.1) is 11.6 Å². The van der Waals surface area contributed by atoms with Crippen LogP contribution in [-0.4, -0.2) is 13.7 Å². The number of benzene rings is 2. The lowest BCUT2D eigenvalue weighted by molar-refractivity contribution is 0.386. The minimum atomic E-state index is -0.433. The highest BCUT2D eigenvalue weighted by atomic mass is 79.9. The third-order valence-electron chi connectivity index (χ3n) is 3.07. The summed E-state index contributed by atoms with van der Waals surface area (Å²) in [5, 5.41) is 3.18. The maximum atomic E-state index is 13.4. The molecule has 1 unspecified atom stereocenters. The largest absolute Gasteiger partial charge is 0.494 e. The smallest absolute Gasteiger partial charge is 0.165 e. The van der Waals surface area contributed by atoms with E-state index in [9.17, 15) is 8.78 Å². The van der Waals surface area contributed by atoms with E-state index in [4.69, 9.17) is 10.5 Å². The Hall–Kier alpha value is -1.66. The highest BCUT2D eigenvalue weighted by molar-refractivity contribution is 9.10. The van der Waals surface area contributed by atoms with Gasteiger partial charge in [0.05, 0.1) is 17.6 Å². The van der Waals surface area contributed by atoms with Gasteiger partial charge >= 0.3 is 0 Å². The number of anilines is 1. The molecule has 0 radical (unpaired) electrons. The van der Waals surface area contributed by atoms with Crippen molar-refractivity contribution in [2.75, 3.05) is 19.0 Å². The molecular weight excluding hydrogens is 342 g/mol. The summed E-state index contributed by atoms with van der Waals surface area (Å²) in [5.41, 5.74) is 7.26. The Balaban J connectivity index is 2.24. The molecule has 3 N–H and O–H groups in total. The summed E-state index contributed by atoms with van der Waals surface area (Å²) in [6, 6.07) is 8.93. The molecule has 0 saturated heterocycles. The molecule has 0 bridgehead atoms. The first kappa shape index (κ1) is 15.7. The minimum absolute atomic E-state index is 0.149. The third-order valence-corrected chi connectivity index (χ3v) is 3.68. The number of hydrogen-bond acceptors (Lipinski definition) is 3. The standard InChI is InChI=1S/C15H15BrF2N2O/c1-21-15-7-10(3-5-13(15)18)20-14(8-19)9-2-4-12(17)11(16)6-9/h2-7,14,20H,8,19H2,1H3. The predicted octanol–water partition coefficient (Wildman–Crippen LogP) is 3.85. The molecular formula is C15H15BrF2N2O. The number of nitrogens with two attached hydrogens (primary N) is 1. The molecule has 0 aliphatic rings. The van der Waals surface area contributed by atoms with Crippen molar-refractivity contribution < 1.29 is 13.5 Å². The zero-order valence-electron chi connectivity index (χ0n) is 11.4. The molecule has 6 heteroatoms. The van der Waals surface area contributed by atoms with Crippen LogP contribution in [0.3, 0.4) is 0 Å². The highest BCUT2D eigenvalue weighted by Gasteiger charge is 2.13. The van der Waals surface area contributed by atoms with Crippen molar-refractivity contribution >= 4 is 21.6 Å². The molecule has 0 aliphatic heterocycles. The predicted molar refractivity (Wildman–Crippen MR) is 82.5 cm³/mol. The molecule has 2 aromatic rings. The maximum absolute atomic E-state index is 13.4. The van der Waals surface area contributed by atoms with Gasteiger partial charge in [0.25, 0.3) is 0 Å². The van der Waals surface area contributed by atoms with Gasteiger partial charge in [-0.05, 0) is 45.8 Å². The minimum Gasteiger partial charge on any atom is -0.494 e. The van der Waals surface area contributed by atoms with Gasteiger partial charge < -0.3 is 15.8 Å². The quantitative estimate of drug-likeness (QED) is 0.855. The Kier molecular flexibility index (Phi) is 5.14. The van der Waals surface area contributed by atoms with Crippen LogP contribution in [0.25, 0.3) is 0 Å². The van der Waals surface area contributed by atoms with E-state index in [0.29, 0.717) is 16.7 Å². The molecule has 21 heavy (non-hydrogen) atoms. The first-order valence-corrected chi connectivity index (χ1v) is 7.09. The summed E-state index contributed by atoms with van der Waals surface area (Å²) < 4.78 is 32.0. The summed E-state index contributed by atoms with van der Waals surface area (Å²) in [4.78, 5) is 0.